The highest BCUT2D eigenvalue weighted by atomic mass is 16.4. The molecule has 1 aromatic heterocycles. The van der Waals surface area contributed by atoms with Gasteiger partial charge in [-0.15, -0.1) is 0 Å². The van der Waals surface area contributed by atoms with E-state index in [0.717, 1.165) is 22.3 Å². The standard InChI is InChI=1S/C24H18N2O/c25-16-21-22(19-12-6-2-7-13-19)23(20-14-8-3-9-15-20)27-24(21)26-17-18-10-4-1-5-11-18/h1-15,26H,17H2. The lowest BCUT2D eigenvalue weighted by Gasteiger charge is -2.03. The Morgan fingerprint density at radius 2 is 1.30 bits per heavy atom. The topological polar surface area (TPSA) is 49.0 Å². The molecule has 0 aliphatic heterocycles. The largest absolute Gasteiger partial charge is 0.439 e. The minimum Gasteiger partial charge on any atom is -0.439 e. The molecular weight excluding hydrogens is 332 g/mol. The summed E-state index contributed by atoms with van der Waals surface area (Å²) in [7, 11) is 0. The van der Waals surface area contributed by atoms with E-state index in [0.29, 0.717) is 23.8 Å². The Bertz CT molecular complexity index is 1060. The number of nitriles is 1. The van der Waals surface area contributed by atoms with Crippen LogP contribution in [0.2, 0.25) is 0 Å². The minimum absolute atomic E-state index is 0.499. The van der Waals surface area contributed by atoms with E-state index in [-0.39, 0.29) is 0 Å². The third-order valence-corrected chi connectivity index (χ3v) is 4.41. The second-order valence-electron chi connectivity index (χ2n) is 6.19. The molecule has 0 spiro atoms. The summed E-state index contributed by atoms with van der Waals surface area (Å²) in [4.78, 5) is 0. The Kier molecular flexibility index (Phi) is 4.72. The van der Waals surface area contributed by atoms with Crippen LogP contribution in [0, 0.1) is 11.3 Å². The highest BCUT2D eigenvalue weighted by molar-refractivity contribution is 5.88. The van der Waals surface area contributed by atoms with Gasteiger partial charge in [-0.05, 0) is 11.1 Å². The Morgan fingerprint density at radius 3 is 1.89 bits per heavy atom. The molecule has 0 unspecified atom stereocenters. The second kappa shape index (κ2) is 7.63. The van der Waals surface area contributed by atoms with Crippen LogP contribution >= 0.6 is 0 Å². The van der Waals surface area contributed by atoms with Crippen molar-refractivity contribution in [1.82, 2.24) is 0 Å². The fraction of sp³-hybridized carbons (Fsp3) is 0.0417. The molecule has 0 atom stereocenters. The lowest BCUT2D eigenvalue weighted by atomic mass is 9.98. The smallest absolute Gasteiger partial charge is 0.212 e. The Morgan fingerprint density at radius 1 is 0.741 bits per heavy atom. The van der Waals surface area contributed by atoms with Crippen LogP contribution in [0.25, 0.3) is 22.5 Å². The summed E-state index contributed by atoms with van der Waals surface area (Å²) in [6.45, 7) is 0.589. The molecule has 0 radical (unpaired) electrons. The van der Waals surface area contributed by atoms with Crippen molar-refractivity contribution >= 4 is 5.88 Å². The van der Waals surface area contributed by atoms with E-state index in [9.17, 15) is 5.26 Å². The summed E-state index contributed by atoms with van der Waals surface area (Å²) in [6, 6.07) is 32.2. The molecule has 0 aliphatic rings. The summed E-state index contributed by atoms with van der Waals surface area (Å²) in [5, 5.41) is 13.2. The van der Waals surface area contributed by atoms with Crippen LogP contribution < -0.4 is 5.32 Å². The predicted octanol–water partition coefficient (Wildman–Crippen LogP) is 6.10. The maximum Gasteiger partial charge on any atom is 0.212 e. The van der Waals surface area contributed by atoms with Crippen LogP contribution in [0.5, 0.6) is 0 Å². The first kappa shape index (κ1) is 16.7. The third kappa shape index (κ3) is 3.47. The number of furan rings is 1. The van der Waals surface area contributed by atoms with Gasteiger partial charge in [0.2, 0.25) is 5.88 Å². The summed E-state index contributed by atoms with van der Waals surface area (Å²) in [6.07, 6.45) is 0. The van der Waals surface area contributed by atoms with Crippen LogP contribution in [-0.2, 0) is 6.54 Å². The van der Waals surface area contributed by atoms with E-state index >= 15 is 0 Å². The number of nitrogens with zero attached hydrogens (tertiary/aromatic N) is 1. The van der Waals surface area contributed by atoms with Gasteiger partial charge in [-0.3, -0.25) is 0 Å². The zero-order valence-electron chi connectivity index (χ0n) is 14.7. The number of benzene rings is 3. The van der Waals surface area contributed by atoms with Gasteiger partial charge in [-0.1, -0.05) is 91.0 Å². The first-order valence-electron chi connectivity index (χ1n) is 8.82. The minimum atomic E-state index is 0.499. The van der Waals surface area contributed by atoms with Crippen molar-refractivity contribution in [3.05, 3.63) is 102 Å². The normalized spacial score (nSPS) is 10.3. The SMILES string of the molecule is N#Cc1c(NCc2ccccc2)oc(-c2ccccc2)c1-c1ccccc1. The maximum atomic E-state index is 9.87. The molecule has 27 heavy (non-hydrogen) atoms. The van der Waals surface area contributed by atoms with Crippen molar-refractivity contribution in [2.24, 2.45) is 0 Å². The molecule has 4 rings (SSSR count). The zero-order chi connectivity index (χ0) is 18.5. The van der Waals surface area contributed by atoms with Crippen molar-refractivity contribution in [2.45, 2.75) is 6.54 Å². The molecule has 0 bridgehead atoms. The Hall–Kier alpha value is -3.77. The van der Waals surface area contributed by atoms with Gasteiger partial charge in [-0.25, -0.2) is 0 Å². The summed E-state index contributed by atoms with van der Waals surface area (Å²) in [5.74, 6) is 1.20. The number of rotatable bonds is 5. The van der Waals surface area contributed by atoms with Crippen LogP contribution in [0.4, 0.5) is 5.88 Å². The molecule has 0 saturated carbocycles. The number of anilines is 1. The molecule has 3 nitrogen and oxygen atoms in total. The maximum absolute atomic E-state index is 9.87. The average Bonchev–Trinajstić information content (AvgIpc) is 3.13. The molecular formula is C24H18N2O. The van der Waals surface area contributed by atoms with Crippen molar-refractivity contribution in [1.29, 1.82) is 5.26 Å². The lowest BCUT2D eigenvalue weighted by molar-refractivity contribution is 0.593. The van der Waals surface area contributed by atoms with Gasteiger partial charge in [0.05, 0.1) is 0 Å². The van der Waals surface area contributed by atoms with Gasteiger partial charge < -0.3 is 9.73 Å². The fourth-order valence-corrected chi connectivity index (χ4v) is 3.11. The lowest BCUT2D eigenvalue weighted by Crippen LogP contribution is -1.99. The predicted molar refractivity (Wildman–Crippen MR) is 108 cm³/mol. The molecule has 1 N–H and O–H groups in total. The van der Waals surface area contributed by atoms with E-state index < -0.39 is 0 Å². The first-order valence-corrected chi connectivity index (χ1v) is 8.82. The van der Waals surface area contributed by atoms with Crippen LogP contribution in [0.15, 0.2) is 95.4 Å². The van der Waals surface area contributed by atoms with Gasteiger partial charge in [0.15, 0.2) is 0 Å². The molecule has 0 saturated heterocycles. The quantitative estimate of drug-likeness (QED) is 0.473. The molecule has 4 aromatic rings. The average molecular weight is 350 g/mol. The summed E-state index contributed by atoms with van der Waals surface area (Å²) in [5.41, 5.74) is 4.38. The fourth-order valence-electron chi connectivity index (χ4n) is 3.11. The van der Waals surface area contributed by atoms with Gasteiger partial charge in [0.25, 0.3) is 0 Å². The molecule has 0 amide bonds. The van der Waals surface area contributed by atoms with E-state index in [4.69, 9.17) is 4.42 Å². The van der Waals surface area contributed by atoms with Crippen LogP contribution in [0.3, 0.4) is 0 Å². The molecule has 130 valence electrons. The van der Waals surface area contributed by atoms with Crippen molar-refractivity contribution in [3.8, 4) is 28.5 Å². The van der Waals surface area contributed by atoms with E-state index in [2.05, 4.69) is 11.4 Å². The number of nitrogens with one attached hydrogen (secondary N) is 1. The monoisotopic (exact) mass is 350 g/mol. The van der Waals surface area contributed by atoms with E-state index in [1.54, 1.807) is 0 Å². The molecule has 0 fully saturated rings. The van der Waals surface area contributed by atoms with Crippen molar-refractivity contribution in [3.63, 3.8) is 0 Å². The molecule has 3 heteroatoms. The molecule has 3 aromatic carbocycles. The highest BCUT2D eigenvalue weighted by Gasteiger charge is 2.22. The van der Waals surface area contributed by atoms with Gasteiger partial charge in [0, 0.05) is 17.7 Å². The van der Waals surface area contributed by atoms with Crippen LogP contribution in [0.1, 0.15) is 11.1 Å². The number of hydrogen-bond acceptors (Lipinski definition) is 3. The van der Waals surface area contributed by atoms with Crippen LogP contribution in [-0.4, -0.2) is 0 Å². The Labute approximate surface area is 158 Å². The van der Waals surface area contributed by atoms with Gasteiger partial charge in [0.1, 0.15) is 17.4 Å². The molecule has 0 aliphatic carbocycles. The number of hydrogen-bond donors (Lipinski definition) is 1. The first-order chi connectivity index (χ1) is 13.4. The summed E-state index contributed by atoms with van der Waals surface area (Å²) >= 11 is 0. The van der Waals surface area contributed by atoms with E-state index in [1.807, 2.05) is 91.0 Å². The second-order valence-corrected chi connectivity index (χ2v) is 6.19. The van der Waals surface area contributed by atoms with E-state index in [1.165, 1.54) is 0 Å². The third-order valence-electron chi connectivity index (χ3n) is 4.41. The van der Waals surface area contributed by atoms with Crippen molar-refractivity contribution in [2.75, 3.05) is 5.32 Å². The Balaban J connectivity index is 1.81. The van der Waals surface area contributed by atoms with Gasteiger partial charge in [-0.2, -0.15) is 5.26 Å². The van der Waals surface area contributed by atoms with Crippen molar-refractivity contribution < 1.29 is 4.42 Å². The summed E-state index contributed by atoms with van der Waals surface area (Å²) < 4.78 is 6.17. The molecule has 1 heterocycles. The highest BCUT2D eigenvalue weighted by Crippen LogP contribution is 2.41. The van der Waals surface area contributed by atoms with Gasteiger partial charge >= 0.3 is 0 Å². The zero-order valence-corrected chi connectivity index (χ0v) is 14.7.